The number of rotatable bonds is 6. The van der Waals surface area contributed by atoms with Crippen LogP contribution in [0.4, 0.5) is 0 Å². The van der Waals surface area contributed by atoms with Crippen molar-refractivity contribution in [3.8, 4) is 22.9 Å². The number of nitrogens with two attached hydrogens (primary N) is 1. The van der Waals surface area contributed by atoms with Crippen LogP contribution in [0.2, 0.25) is 0 Å². The third kappa shape index (κ3) is 3.08. The fraction of sp³-hybridized carbons (Fsp3) is 0.429. The smallest absolute Gasteiger partial charge is 0.228 e. The van der Waals surface area contributed by atoms with E-state index in [0.29, 0.717) is 29.6 Å². The number of nitrogens with zero attached hydrogens (tertiary/aromatic N) is 2. The molecule has 6 nitrogen and oxygen atoms in total. The molecule has 6 heteroatoms. The monoisotopic (exact) mass is 277 g/mol. The Morgan fingerprint density at radius 3 is 2.65 bits per heavy atom. The molecule has 2 aromatic rings. The summed E-state index contributed by atoms with van der Waals surface area (Å²) in [5, 5.41) is 3.97. The van der Waals surface area contributed by atoms with Crippen molar-refractivity contribution in [1.29, 1.82) is 0 Å². The molecule has 0 saturated carbocycles. The first-order valence-corrected chi connectivity index (χ1v) is 6.48. The minimum Gasteiger partial charge on any atom is -0.493 e. The Kier molecular flexibility index (Phi) is 4.57. The van der Waals surface area contributed by atoms with Gasteiger partial charge in [0.05, 0.1) is 14.2 Å². The van der Waals surface area contributed by atoms with Gasteiger partial charge in [0.15, 0.2) is 11.5 Å². The maximum Gasteiger partial charge on any atom is 0.228 e. The Bertz CT molecular complexity index is 569. The van der Waals surface area contributed by atoms with Crippen molar-refractivity contribution in [3.63, 3.8) is 0 Å². The lowest BCUT2D eigenvalue weighted by atomic mass is 10.1. The molecule has 0 aliphatic carbocycles. The second-order valence-corrected chi connectivity index (χ2v) is 4.45. The van der Waals surface area contributed by atoms with Crippen LogP contribution in [-0.2, 0) is 6.42 Å². The quantitative estimate of drug-likeness (QED) is 0.869. The van der Waals surface area contributed by atoms with Crippen LogP contribution in [0.5, 0.6) is 11.5 Å². The van der Waals surface area contributed by atoms with Crippen molar-refractivity contribution in [1.82, 2.24) is 10.1 Å². The SMILES string of the molecule is CCC(N)Cc1nc(-c2ccc(OC)c(OC)c2)no1. The van der Waals surface area contributed by atoms with Gasteiger partial charge >= 0.3 is 0 Å². The summed E-state index contributed by atoms with van der Waals surface area (Å²) in [6, 6.07) is 5.51. The van der Waals surface area contributed by atoms with Crippen molar-refractivity contribution in [2.45, 2.75) is 25.8 Å². The van der Waals surface area contributed by atoms with Gasteiger partial charge in [-0.2, -0.15) is 4.98 Å². The largest absolute Gasteiger partial charge is 0.493 e. The van der Waals surface area contributed by atoms with E-state index in [1.165, 1.54) is 0 Å². The van der Waals surface area contributed by atoms with Crippen molar-refractivity contribution >= 4 is 0 Å². The molecule has 1 unspecified atom stereocenters. The van der Waals surface area contributed by atoms with E-state index in [9.17, 15) is 0 Å². The van der Waals surface area contributed by atoms with Crippen LogP contribution < -0.4 is 15.2 Å². The topological polar surface area (TPSA) is 83.4 Å². The van der Waals surface area contributed by atoms with Crippen LogP contribution in [0.25, 0.3) is 11.4 Å². The summed E-state index contributed by atoms with van der Waals surface area (Å²) >= 11 is 0. The molecule has 0 bridgehead atoms. The van der Waals surface area contributed by atoms with Gasteiger partial charge in [-0.3, -0.25) is 0 Å². The van der Waals surface area contributed by atoms with Gasteiger partial charge in [-0.05, 0) is 24.6 Å². The third-order valence-electron chi connectivity index (χ3n) is 3.07. The second kappa shape index (κ2) is 6.38. The average molecular weight is 277 g/mol. The molecule has 20 heavy (non-hydrogen) atoms. The maximum absolute atomic E-state index is 5.87. The van der Waals surface area contributed by atoms with E-state index in [-0.39, 0.29) is 6.04 Å². The van der Waals surface area contributed by atoms with Crippen molar-refractivity contribution in [3.05, 3.63) is 24.1 Å². The van der Waals surface area contributed by atoms with E-state index < -0.39 is 0 Å². The average Bonchev–Trinajstić information content (AvgIpc) is 2.94. The summed E-state index contributed by atoms with van der Waals surface area (Å²) in [5.41, 5.74) is 6.68. The van der Waals surface area contributed by atoms with Gasteiger partial charge in [0.1, 0.15) is 0 Å². The minimum absolute atomic E-state index is 0.0358. The number of methoxy groups -OCH3 is 2. The van der Waals surface area contributed by atoms with Crippen molar-refractivity contribution in [2.24, 2.45) is 5.73 Å². The van der Waals surface area contributed by atoms with E-state index in [0.717, 1.165) is 12.0 Å². The van der Waals surface area contributed by atoms with Gasteiger partial charge in [0, 0.05) is 18.0 Å². The lowest BCUT2D eigenvalue weighted by Crippen LogP contribution is -2.21. The summed E-state index contributed by atoms with van der Waals surface area (Å²) < 4.78 is 15.7. The maximum atomic E-state index is 5.87. The van der Waals surface area contributed by atoms with Crippen molar-refractivity contribution < 1.29 is 14.0 Å². The first kappa shape index (κ1) is 14.3. The van der Waals surface area contributed by atoms with E-state index in [1.807, 2.05) is 25.1 Å². The molecule has 0 saturated heterocycles. The first-order valence-electron chi connectivity index (χ1n) is 6.48. The van der Waals surface area contributed by atoms with Gasteiger partial charge in [0.25, 0.3) is 0 Å². The molecule has 0 fully saturated rings. The number of hydrogen-bond donors (Lipinski definition) is 1. The highest BCUT2D eigenvalue weighted by atomic mass is 16.5. The summed E-state index contributed by atoms with van der Waals surface area (Å²) in [6.07, 6.45) is 1.45. The number of benzene rings is 1. The molecule has 1 aromatic carbocycles. The molecular weight excluding hydrogens is 258 g/mol. The number of hydrogen-bond acceptors (Lipinski definition) is 6. The zero-order chi connectivity index (χ0) is 14.5. The van der Waals surface area contributed by atoms with E-state index in [4.69, 9.17) is 19.7 Å². The molecule has 2 rings (SSSR count). The van der Waals surface area contributed by atoms with Crippen LogP contribution in [0.1, 0.15) is 19.2 Å². The summed E-state index contributed by atoms with van der Waals surface area (Å²) in [7, 11) is 3.18. The normalized spacial score (nSPS) is 12.2. The van der Waals surface area contributed by atoms with E-state index >= 15 is 0 Å². The highest BCUT2D eigenvalue weighted by Crippen LogP contribution is 2.31. The number of aromatic nitrogens is 2. The van der Waals surface area contributed by atoms with Gasteiger partial charge in [-0.15, -0.1) is 0 Å². The van der Waals surface area contributed by atoms with Gasteiger partial charge < -0.3 is 19.7 Å². The Hall–Kier alpha value is -2.08. The molecule has 0 aliphatic rings. The molecule has 0 radical (unpaired) electrons. The third-order valence-corrected chi connectivity index (χ3v) is 3.07. The standard InChI is InChI=1S/C14H19N3O3/c1-4-10(15)8-13-16-14(17-20-13)9-5-6-11(18-2)12(7-9)19-3/h5-7,10H,4,8,15H2,1-3H3. The number of ether oxygens (including phenoxy) is 2. The van der Waals surface area contributed by atoms with Crippen LogP contribution in [-0.4, -0.2) is 30.4 Å². The summed E-state index contributed by atoms with van der Waals surface area (Å²) in [5.74, 6) is 2.35. The Morgan fingerprint density at radius 2 is 2.00 bits per heavy atom. The zero-order valence-electron chi connectivity index (χ0n) is 11.9. The highest BCUT2D eigenvalue weighted by molar-refractivity contribution is 5.60. The van der Waals surface area contributed by atoms with E-state index in [2.05, 4.69) is 10.1 Å². The van der Waals surface area contributed by atoms with Crippen LogP contribution in [0.3, 0.4) is 0 Å². The highest BCUT2D eigenvalue weighted by Gasteiger charge is 2.13. The Morgan fingerprint density at radius 1 is 1.25 bits per heavy atom. The molecule has 1 heterocycles. The van der Waals surface area contributed by atoms with Gasteiger partial charge in [-0.1, -0.05) is 12.1 Å². The van der Waals surface area contributed by atoms with Gasteiger partial charge in [0.2, 0.25) is 11.7 Å². The summed E-state index contributed by atoms with van der Waals surface area (Å²) in [4.78, 5) is 4.35. The molecule has 1 aromatic heterocycles. The predicted molar refractivity (Wildman–Crippen MR) is 74.8 cm³/mol. The van der Waals surface area contributed by atoms with Crippen molar-refractivity contribution in [2.75, 3.05) is 14.2 Å². The molecule has 2 N–H and O–H groups in total. The lowest BCUT2D eigenvalue weighted by Gasteiger charge is -2.07. The minimum atomic E-state index is 0.0358. The fourth-order valence-corrected chi connectivity index (χ4v) is 1.80. The molecule has 0 spiro atoms. The molecule has 108 valence electrons. The van der Waals surface area contributed by atoms with Crippen LogP contribution >= 0.6 is 0 Å². The second-order valence-electron chi connectivity index (χ2n) is 4.45. The van der Waals surface area contributed by atoms with Crippen LogP contribution in [0.15, 0.2) is 22.7 Å². The molecule has 0 aliphatic heterocycles. The predicted octanol–water partition coefficient (Wildman–Crippen LogP) is 2.03. The lowest BCUT2D eigenvalue weighted by molar-refractivity contribution is 0.355. The molecule has 1 atom stereocenters. The van der Waals surface area contributed by atoms with Gasteiger partial charge in [-0.25, -0.2) is 0 Å². The zero-order valence-corrected chi connectivity index (χ0v) is 11.9. The molecule has 0 amide bonds. The Balaban J connectivity index is 2.23. The first-order chi connectivity index (χ1) is 9.67. The van der Waals surface area contributed by atoms with E-state index in [1.54, 1.807) is 14.2 Å². The fourth-order valence-electron chi connectivity index (χ4n) is 1.80. The van der Waals surface area contributed by atoms with Crippen LogP contribution in [0, 0.1) is 0 Å². The Labute approximate surface area is 117 Å². The molecular formula is C14H19N3O3. The summed E-state index contributed by atoms with van der Waals surface area (Å²) in [6.45, 7) is 2.02.